The lowest BCUT2D eigenvalue weighted by Crippen LogP contribution is -2.38. The van der Waals surface area contributed by atoms with Gasteiger partial charge in [-0.15, -0.1) is 0 Å². The van der Waals surface area contributed by atoms with E-state index in [0.717, 1.165) is 5.56 Å². The molecule has 1 fully saturated rings. The summed E-state index contributed by atoms with van der Waals surface area (Å²) in [6.07, 6.45) is 3.93. The maximum Gasteiger partial charge on any atom is 0.306 e. The summed E-state index contributed by atoms with van der Waals surface area (Å²) in [5.74, 6) is -1.75. The molecule has 6 nitrogen and oxygen atoms in total. The average molecular weight is 506 g/mol. The van der Waals surface area contributed by atoms with Gasteiger partial charge in [-0.25, -0.2) is 4.39 Å². The molecule has 4 aromatic rings. The summed E-state index contributed by atoms with van der Waals surface area (Å²) in [5, 5.41) is 17.8. The van der Waals surface area contributed by atoms with Crippen LogP contribution < -0.4 is 5.32 Å². The SMILES string of the molecule is O=C(NC1CCC(C(=O)O)CC1)c1cc(Cl)cc2cnn(Cc3ccc(-c4ccccc4)c(F)c3)c12. The Labute approximate surface area is 212 Å². The smallest absolute Gasteiger partial charge is 0.306 e. The number of carbonyl (C=O) groups is 2. The molecule has 0 atom stereocenters. The number of fused-ring (bicyclic) bond motifs is 1. The number of nitrogens with one attached hydrogen (secondary N) is 1. The van der Waals surface area contributed by atoms with Gasteiger partial charge in [-0.1, -0.05) is 54.1 Å². The van der Waals surface area contributed by atoms with Crippen LogP contribution in [0, 0.1) is 11.7 Å². The summed E-state index contributed by atoms with van der Waals surface area (Å²) in [7, 11) is 0. The second kappa shape index (κ2) is 10.1. The average Bonchev–Trinajstić information content (AvgIpc) is 3.26. The molecule has 3 aromatic carbocycles. The van der Waals surface area contributed by atoms with Crippen molar-refractivity contribution in [1.29, 1.82) is 0 Å². The molecule has 0 spiro atoms. The number of carbonyl (C=O) groups excluding carboxylic acids is 1. The van der Waals surface area contributed by atoms with Crippen LogP contribution in [0.5, 0.6) is 0 Å². The molecule has 1 heterocycles. The summed E-state index contributed by atoms with van der Waals surface area (Å²) in [5.41, 5.74) is 3.04. The highest BCUT2D eigenvalue weighted by molar-refractivity contribution is 6.32. The summed E-state index contributed by atoms with van der Waals surface area (Å²) in [6, 6.07) is 17.7. The Morgan fingerprint density at radius 3 is 2.50 bits per heavy atom. The van der Waals surface area contributed by atoms with E-state index < -0.39 is 5.97 Å². The van der Waals surface area contributed by atoms with E-state index in [0.29, 0.717) is 58.3 Å². The molecule has 5 rings (SSSR count). The van der Waals surface area contributed by atoms with Crippen molar-refractivity contribution in [1.82, 2.24) is 15.1 Å². The van der Waals surface area contributed by atoms with Crippen LogP contribution in [0.4, 0.5) is 4.39 Å². The zero-order valence-corrected chi connectivity index (χ0v) is 20.2. The number of benzene rings is 3. The highest BCUT2D eigenvalue weighted by atomic mass is 35.5. The molecule has 1 aromatic heterocycles. The normalized spacial score (nSPS) is 17.7. The number of halogens is 2. The minimum absolute atomic E-state index is 0.0990. The fraction of sp³-hybridized carbons (Fsp3) is 0.250. The van der Waals surface area contributed by atoms with E-state index in [9.17, 15) is 19.1 Å². The topological polar surface area (TPSA) is 84.2 Å². The standard InChI is InChI=1S/C28H25ClFN3O3/c29-21-13-20-15-31-33(16-17-6-11-23(25(30)12-17)18-4-2-1-3-5-18)26(20)24(14-21)27(34)32-22-9-7-19(8-10-22)28(35)36/h1-6,11-15,19,22H,7-10,16H2,(H,32,34)(H,35,36). The number of nitrogens with zero attached hydrogens (tertiary/aromatic N) is 2. The molecule has 184 valence electrons. The van der Waals surface area contributed by atoms with Gasteiger partial charge in [0.1, 0.15) is 5.82 Å². The minimum atomic E-state index is -0.784. The minimum Gasteiger partial charge on any atom is -0.481 e. The van der Waals surface area contributed by atoms with Crippen molar-refractivity contribution in [3.05, 3.63) is 88.8 Å². The third-order valence-corrected chi connectivity index (χ3v) is 7.02. The first-order valence-corrected chi connectivity index (χ1v) is 12.3. The molecule has 1 saturated carbocycles. The number of hydrogen-bond acceptors (Lipinski definition) is 3. The Balaban J connectivity index is 1.39. The highest BCUT2D eigenvalue weighted by Crippen LogP contribution is 2.28. The van der Waals surface area contributed by atoms with Crippen LogP contribution in [0.3, 0.4) is 0 Å². The molecule has 0 radical (unpaired) electrons. The number of aliphatic carboxylic acids is 1. The Morgan fingerprint density at radius 2 is 1.81 bits per heavy atom. The molecule has 2 N–H and O–H groups in total. The Bertz CT molecular complexity index is 1430. The Hall–Kier alpha value is -3.71. The Morgan fingerprint density at radius 1 is 1.06 bits per heavy atom. The first-order valence-electron chi connectivity index (χ1n) is 11.9. The van der Waals surface area contributed by atoms with Crippen molar-refractivity contribution in [3.8, 4) is 11.1 Å². The molecule has 1 amide bonds. The molecule has 36 heavy (non-hydrogen) atoms. The van der Waals surface area contributed by atoms with Gasteiger partial charge in [-0.3, -0.25) is 14.3 Å². The van der Waals surface area contributed by atoms with Gasteiger partial charge >= 0.3 is 5.97 Å². The molecular formula is C28H25ClFN3O3. The van der Waals surface area contributed by atoms with Crippen molar-refractivity contribution in [2.45, 2.75) is 38.3 Å². The molecule has 1 aliphatic rings. The summed E-state index contributed by atoms with van der Waals surface area (Å²) >= 11 is 6.30. The summed E-state index contributed by atoms with van der Waals surface area (Å²) in [4.78, 5) is 24.5. The maximum atomic E-state index is 14.9. The van der Waals surface area contributed by atoms with Crippen molar-refractivity contribution >= 4 is 34.4 Å². The number of amides is 1. The van der Waals surface area contributed by atoms with Crippen LogP contribution in [0.1, 0.15) is 41.6 Å². The third kappa shape index (κ3) is 4.97. The van der Waals surface area contributed by atoms with Gasteiger partial charge in [0.2, 0.25) is 0 Å². The van der Waals surface area contributed by atoms with Gasteiger partial charge in [0, 0.05) is 22.0 Å². The van der Waals surface area contributed by atoms with Crippen molar-refractivity contribution < 1.29 is 19.1 Å². The first kappa shape index (κ1) is 24.0. The van der Waals surface area contributed by atoms with Gasteiger partial charge < -0.3 is 10.4 Å². The van der Waals surface area contributed by atoms with Crippen LogP contribution >= 0.6 is 11.6 Å². The van der Waals surface area contributed by atoms with E-state index in [1.807, 2.05) is 36.4 Å². The zero-order valence-electron chi connectivity index (χ0n) is 19.5. The second-order valence-corrected chi connectivity index (χ2v) is 9.67. The first-order chi connectivity index (χ1) is 17.4. The van der Waals surface area contributed by atoms with Gasteiger partial charge in [-0.2, -0.15) is 5.10 Å². The number of hydrogen-bond donors (Lipinski definition) is 2. The molecule has 1 aliphatic carbocycles. The van der Waals surface area contributed by atoms with Gasteiger partial charge in [0.25, 0.3) is 5.91 Å². The third-order valence-electron chi connectivity index (χ3n) is 6.81. The molecular weight excluding hydrogens is 481 g/mol. The van der Waals surface area contributed by atoms with Gasteiger partial charge in [0.15, 0.2) is 0 Å². The van der Waals surface area contributed by atoms with E-state index >= 15 is 0 Å². The number of carboxylic acids is 1. The Kier molecular flexibility index (Phi) is 6.74. The second-order valence-electron chi connectivity index (χ2n) is 9.23. The molecule has 8 heteroatoms. The van der Waals surface area contributed by atoms with Crippen molar-refractivity contribution in [3.63, 3.8) is 0 Å². The van der Waals surface area contributed by atoms with E-state index in [-0.39, 0.29) is 30.2 Å². The van der Waals surface area contributed by atoms with Crippen LogP contribution in [0.15, 0.2) is 66.9 Å². The fourth-order valence-corrected chi connectivity index (χ4v) is 5.15. The fourth-order valence-electron chi connectivity index (χ4n) is 4.92. The number of carboxylic acid groups (broad SMARTS) is 1. The van der Waals surface area contributed by atoms with Crippen molar-refractivity contribution in [2.24, 2.45) is 5.92 Å². The van der Waals surface area contributed by atoms with Crippen LogP contribution in [0.25, 0.3) is 22.0 Å². The molecule has 0 aliphatic heterocycles. The largest absolute Gasteiger partial charge is 0.481 e. The summed E-state index contributed by atoms with van der Waals surface area (Å²) < 4.78 is 16.6. The molecule has 0 unspecified atom stereocenters. The number of rotatable bonds is 6. The van der Waals surface area contributed by atoms with Crippen LogP contribution in [-0.2, 0) is 11.3 Å². The quantitative estimate of drug-likeness (QED) is 0.341. The van der Waals surface area contributed by atoms with Gasteiger partial charge in [0.05, 0.1) is 29.7 Å². The highest BCUT2D eigenvalue weighted by Gasteiger charge is 2.27. The van der Waals surface area contributed by atoms with E-state index in [1.54, 1.807) is 29.1 Å². The monoisotopic (exact) mass is 505 g/mol. The lowest BCUT2D eigenvalue weighted by Gasteiger charge is -2.27. The predicted molar refractivity (Wildman–Crippen MR) is 137 cm³/mol. The lowest BCUT2D eigenvalue weighted by molar-refractivity contribution is -0.142. The predicted octanol–water partition coefficient (Wildman–Crippen LogP) is 5.92. The van der Waals surface area contributed by atoms with Crippen LogP contribution in [-0.4, -0.2) is 32.8 Å². The zero-order chi connectivity index (χ0) is 25.2. The van der Waals surface area contributed by atoms with Crippen LogP contribution in [0.2, 0.25) is 5.02 Å². The van der Waals surface area contributed by atoms with Crippen molar-refractivity contribution in [2.75, 3.05) is 0 Å². The molecule has 0 bridgehead atoms. The number of aromatic nitrogens is 2. The maximum absolute atomic E-state index is 14.9. The van der Waals surface area contributed by atoms with E-state index in [1.165, 1.54) is 6.07 Å². The van der Waals surface area contributed by atoms with E-state index in [2.05, 4.69) is 10.4 Å². The molecule has 0 saturated heterocycles. The van der Waals surface area contributed by atoms with E-state index in [4.69, 9.17) is 11.6 Å². The summed E-state index contributed by atoms with van der Waals surface area (Å²) in [6.45, 7) is 0.279. The van der Waals surface area contributed by atoms with Gasteiger partial charge in [-0.05, 0) is 55.0 Å². The lowest BCUT2D eigenvalue weighted by atomic mass is 9.86.